The molecular formula is C16H22N2O3. The van der Waals surface area contributed by atoms with Crippen LogP contribution < -0.4 is 11.1 Å². The summed E-state index contributed by atoms with van der Waals surface area (Å²) < 4.78 is 10.9. The number of hydrogen-bond donors (Lipinski definition) is 2. The van der Waals surface area contributed by atoms with Crippen molar-refractivity contribution in [3.63, 3.8) is 0 Å². The maximum atomic E-state index is 12.0. The molecular weight excluding hydrogens is 268 g/mol. The Morgan fingerprint density at radius 2 is 2.10 bits per heavy atom. The summed E-state index contributed by atoms with van der Waals surface area (Å²) in [4.78, 5) is 12.0. The number of carbonyl (C=O) groups excluding carboxylic acids is 1. The van der Waals surface area contributed by atoms with Gasteiger partial charge < -0.3 is 20.2 Å². The van der Waals surface area contributed by atoms with Crippen LogP contribution in [-0.4, -0.2) is 25.7 Å². The smallest absolute Gasteiger partial charge is 0.287 e. The third kappa shape index (κ3) is 4.49. The number of fused-ring (bicyclic) bond motifs is 1. The predicted octanol–water partition coefficient (Wildman–Crippen LogP) is 2.95. The van der Waals surface area contributed by atoms with Crippen molar-refractivity contribution >= 4 is 22.6 Å². The predicted molar refractivity (Wildman–Crippen MR) is 83.3 cm³/mol. The van der Waals surface area contributed by atoms with E-state index < -0.39 is 0 Å². The second kappa shape index (κ2) is 7.69. The minimum Gasteiger partial charge on any atom is -0.451 e. The Morgan fingerprint density at radius 1 is 1.29 bits per heavy atom. The van der Waals surface area contributed by atoms with Gasteiger partial charge in [-0.05, 0) is 37.1 Å². The first-order chi connectivity index (χ1) is 10.2. The zero-order chi connectivity index (χ0) is 15.1. The fourth-order valence-electron chi connectivity index (χ4n) is 1.99. The van der Waals surface area contributed by atoms with E-state index in [-0.39, 0.29) is 5.91 Å². The lowest BCUT2D eigenvalue weighted by Crippen LogP contribution is -2.24. The number of nitrogens with one attached hydrogen (secondary N) is 1. The van der Waals surface area contributed by atoms with Gasteiger partial charge in [0.25, 0.3) is 5.91 Å². The van der Waals surface area contributed by atoms with Gasteiger partial charge in [0.1, 0.15) is 5.58 Å². The molecule has 0 fully saturated rings. The molecule has 0 aliphatic carbocycles. The molecule has 0 aliphatic rings. The quantitative estimate of drug-likeness (QED) is 0.579. The average molecular weight is 290 g/mol. The number of ether oxygens (including phenoxy) is 1. The lowest BCUT2D eigenvalue weighted by Gasteiger charge is -2.04. The third-order valence-electron chi connectivity index (χ3n) is 3.16. The molecule has 114 valence electrons. The SMILES string of the molecule is CCCCOCCCNC(=O)c1cc2cc(N)ccc2o1. The monoisotopic (exact) mass is 290 g/mol. The summed E-state index contributed by atoms with van der Waals surface area (Å²) in [6.45, 7) is 4.15. The number of unbranched alkanes of at least 4 members (excludes halogenated alkanes) is 1. The van der Waals surface area contributed by atoms with Crippen LogP contribution in [0.15, 0.2) is 28.7 Å². The van der Waals surface area contributed by atoms with Crippen molar-refractivity contribution in [1.82, 2.24) is 5.32 Å². The fourth-order valence-corrected chi connectivity index (χ4v) is 1.99. The highest BCUT2D eigenvalue weighted by Gasteiger charge is 2.11. The Bertz CT molecular complexity index is 592. The van der Waals surface area contributed by atoms with E-state index in [1.807, 2.05) is 0 Å². The average Bonchev–Trinajstić information content (AvgIpc) is 2.89. The molecule has 0 radical (unpaired) electrons. The Morgan fingerprint density at radius 3 is 2.90 bits per heavy atom. The molecule has 0 atom stereocenters. The van der Waals surface area contributed by atoms with E-state index in [1.54, 1.807) is 24.3 Å². The first kappa shape index (κ1) is 15.4. The topological polar surface area (TPSA) is 77.5 Å². The standard InChI is InChI=1S/C16H22N2O3/c1-2-3-8-20-9-4-7-18-16(19)15-11-12-10-13(17)5-6-14(12)21-15/h5-6,10-11H,2-4,7-9,17H2,1H3,(H,18,19). The first-order valence-corrected chi connectivity index (χ1v) is 7.35. The third-order valence-corrected chi connectivity index (χ3v) is 3.16. The maximum absolute atomic E-state index is 12.0. The van der Waals surface area contributed by atoms with E-state index in [4.69, 9.17) is 14.9 Å². The number of furan rings is 1. The first-order valence-electron chi connectivity index (χ1n) is 7.35. The van der Waals surface area contributed by atoms with Gasteiger partial charge in [-0.15, -0.1) is 0 Å². The number of hydrogen-bond acceptors (Lipinski definition) is 4. The van der Waals surface area contributed by atoms with Gasteiger partial charge in [0.15, 0.2) is 5.76 Å². The van der Waals surface area contributed by atoms with E-state index in [0.29, 0.717) is 30.2 Å². The van der Waals surface area contributed by atoms with Gasteiger partial charge in [-0.1, -0.05) is 13.3 Å². The molecule has 1 aromatic heterocycles. The Balaban J connectivity index is 1.77. The van der Waals surface area contributed by atoms with Crippen molar-refractivity contribution in [3.05, 3.63) is 30.0 Å². The zero-order valence-corrected chi connectivity index (χ0v) is 12.4. The van der Waals surface area contributed by atoms with Crippen molar-refractivity contribution in [2.75, 3.05) is 25.5 Å². The molecule has 2 aromatic rings. The highest BCUT2D eigenvalue weighted by molar-refractivity contribution is 5.96. The summed E-state index contributed by atoms with van der Waals surface area (Å²) in [7, 11) is 0. The van der Waals surface area contributed by atoms with Crippen LogP contribution in [0.1, 0.15) is 36.7 Å². The maximum Gasteiger partial charge on any atom is 0.287 e. The summed E-state index contributed by atoms with van der Waals surface area (Å²) in [5, 5.41) is 3.66. The van der Waals surface area contributed by atoms with Gasteiger partial charge in [-0.25, -0.2) is 0 Å². The van der Waals surface area contributed by atoms with E-state index in [0.717, 1.165) is 31.3 Å². The van der Waals surface area contributed by atoms with Crippen LogP contribution in [0.5, 0.6) is 0 Å². The molecule has 0 aliphatic heterocycles. The Labute approximate surface area is 124 Å². The van der Waals surface area contributed by atoms with Crippen molar-refractivity contribution in [2.24, 2.45) is 0 Å². The molecule has 3 N–H and O–H groups in total. The summed E-state index contributed by atoms with van der Waals surface area (Å²) >= 11 is 0. The normalized spacial score (nSPS) is 10.9. The summed E-state index contributed by atoms with van der Waals surface area (Å²) in [6.07, 6.45) is 3.00. The van der Waals surface area contributed by atoms with E-state index in [9.17, 15) is 4.79 Å². The lowest BCUT2D eigenvalue weighted by atomic mass is 10.2. The molecule has 2 rings (SSSR count). The second-order valence-corrected chi connectivity index (χ2v) is 4.98. The van der Waals surface area contributed by atoms with E-state index in [1.165, 1.54) is 0 Å². The molecule has 21 heavy (non-hydrogen) atoms. The van der Waals surface area contributed by atoms with Gasteiger partial charge in [0.2, 0.25) is 0 Å². The van der Waals surface area contributed by atoms with Crippen LogP contribution in [0.3, 0.4) is 0 Å². The van der Waals surface area contributed by atoms with Crippen LogP contribution >= 0.6 is 0 Å². The highest BCUT2D eigenvalue weighted by Crippen LogP contribution is 2.21. The minimum absolute atomic E-state index is 0.210. The van der Waals surface area contributed by atoms with Gasteiger partial charge in [-0.2, -0.15) is 0 Å². The number of nitrogens with two attached hydrogens (primary N) is 1. The lowest BCUT2D eigenvalue weighted by molar-refractivity contribution is 0.0915. The van der Waals surface area contributed by atoms with Crippen LogP contribution in [-0.2, 0) is 4.74 Å². The molecule has 5 heteroatoms. The number of carbonyl (C=O) groups is 1. The number of nitrogen functional groups attached to an aromatic ring is 1. The summed E-state index contributed by atoms with van der Waals surface area (Å²) in [5.41, 5.74) is 7.02. The molecule has 0 spiro atoms. The minimum atomic E-state index is -0.210. The van der Waals surface area contributed by atoms with Gasteiger partial charge in [0, 0.05) is 30.8 Å². The number of anilines is 1. The van der Waals surface area contributed by atoms with E-state index in [2.05, 4.69) is 12.2 Å². The summed E-state index contributed by atoms with van der Waals surface area (Å²) in [6, 6.07) is 7.01. The molecule has 1 heterocycles. The van der Waals surface area contributed by atoms with Crippen LogP contribution in [0.4, 0.5) is 5.69 Å². The molecule has 0 saturated heterocycles. The molecule has 0 saturated carbocycles. The van der Waals surface area contributed by atoms with Gasteiger partial charge in [0.05, 0.1) is 0 Å². The largest absolute Gasteiger partial charge is 0.451 e. The Hall–Kier alpha value is -2.01. The molecule has 1 aromatic carbocycles. The van der Waals surface area contributed by atoms with Gasteiger partial charge >= 0.3 is 0 Å². The zero-order valence-electron chi connectivity index (χ0n) is 12.4. The van der Waals surface area contributed by atoms with Crippen molar-refractivity contribution in [1.29, 1.82) is 0 Å². The van der Waals surface area contributed by atoms with Crippen LogP contribution in [0.25, 0.3) is 11.0 Å². The van der Waals surface area contributed by atoms with E-state index >= 15 is 0 Å². The van der Waals surface area contributed by atoms with Crippen molar-refractivity contribution in [3.8, 4) is 0 Å². The molecule has 1 amide bonds. The van der Waals surface area contributed by atoms with Gasteiger partial charge in [-0.3, -0.25) is 4.79 Å². The Kier molecular flexibility index (Phi) is 5.63. The molecule has 5 nitrogen and oxygen atoms in total. The number of amides is 1. The molecule has 0 unspecified atom stereocenters. The van der Waals surface area contributed by atoms with Crippen molar-refractivity contribution < 1.29 is 13.9 Å². The van der Waals surface area contributed by atoms with Crippen LogP contribution in [0, 0.1) is 0 Å². The summed E-state index contributed by atoms with van der Waals surface area (Å²) in [5.74, 6) is 0.0980. The number of rotatable bonds is 8. The van der Waals surface area contributed by atoms with Crippen LogP contribution in [0.2, 0.25) is 0 Å². The fraction of sp³-hybridized carbons (Fsp3) is 0.438. The number of benzene rings is 1. The second-order valence-electron chi connectivity index (χ2n) is 4.98. The van der Waals surface area contributed by atoms with Crippen molar-refractivity contribution in [2.45, 2.75) is 26.2 Å². The highest BCUT2D eigenvalue weighted by atomic mass is 16.5. The molecule has 0 bridgehead atoms.